The van der Waals surface area contributed by atoms with E-state index in [1.807, 2.05) is 29.6 Å². The second-order valence-electron chi connectivity index (χ2n) is 6.80. The summed E-state index contributed by atoms with van der Waals surface area (Å²) >= 11 is 1.42. The molecule has 27 heavy (non-hydrogen) atoms. The van der Waals surface area contributed by atoms with Crippen LogP contribution in [0, 0.1) is 0 Å². The topological polar surface area (TPSA) is 61.4 Å². The summed E-state index contributed by atoms with van der Waals surface area (Å²) in [6.45, 7) is 2.58. The maximum absolute atomic E-state index is 12.3. The molecule has 2 heterocycles. The Bertz CT molecular complexity index is 738. The van der Waals surface area contributed by atoms with Crippen molar-refractivity contribution in [2.75, 3.05) is 29.9 Å². The van der Waals surface area contributed by atoms with Gasteiger partial charge >= 0.3 is 0 Å². The van der Waals surface area contributed by atoms with E-state index in [4.69, 9.17) is 0 Å². The molecule has 1 aromatic carbocycles. The molecule has 1 aliphatic rings. The van der Waals surface area contributed by atoms with Gasteiger partial charge in [0, 0.05) is 26.1 Å². The first-order chi connectivity index (χ1) is 13.2. The molecule has 0 radical (unpaired) electrons. The third-order valence-electron chi connectivity index (χ3n) is 4.74. The van der Waals surface area contributed by atoms with Crippen LogP contribution in [0.15, 0.2) is 41.8 Å². The summed E-state index contributed by atoms with van der Waals surface area (Å²) in [5.74, 6) is -0.0837. The van der Waals surface area contributed by atoms with E-state index in [0.29, 0.717) is 24.3 Å². The number of carbonyl (C=O) groups excluding carboxylic acids is 2. The minimum absolute atomic E-state index is 0.0114. The first kappa shape index (κ1) is 19.4. The van der Waals surface area contributed by atoms with E-state index in [1.165, 1.54) is 37.0 Å². The van der Waals surface area contributed by atoms with Gasteiger partial charge in [-0.2, -0.15) is 0 Å². The van der Waals surface area contributed by atoms with Crippen molar-refractivity contribution in [3.8, 4) is 0 Å². The number of para-hydroxylation sites is 2. The Kier molecular flexibility index (Phi) is 7.27. The second-order valence-corrected chi connectivity index (χ2v) is 7.75. The van der Waals surface area contributed by atoms with E-state index in [2.05, 4.69) is 21.6 Å². The lowest BCUT2D eigenvalue weighted by Crippen LogP contribution is -2.26. The van der Waals surface area contributed by atoms with Crippen molar-refractivity contribution in [3.05, 3.63) is 46.7 Å². The zero-order valence-corrected chi connectivity index (χ0v) is 16.4. The molecule has 1 aliphatic heterocycles. The van der Waals surface area contributed by atoms with Gasteiger partial charge in [0.05, 0.1) is 16.3 Å². The van der Waals surface area contributed by atoms with Crippen molar-refractivity contribution in [2.45, 2.75) is 38.5 Å². The van der Waals surface area contributed by atoms with Gasteiger partial charge in [-0.05, 0) is 42.8 Å². The summed E-state index contributed by atoms with van der Waals surface area (Å²) < 4.78 is 0. The first-order valence-electron chi connectivity index (χ1n) is 9.69. The molecule has 2 amide bonds. The van der Waals surface area contributed by atoms with E-state index in [-0.39, 0.29) is 11.8 Å². The van der Waals surface area contributed by atoms with Gasteiger partial charge in [0.1, 0.15) is 0 Å². The van der Waals surface area contributed by atoms with E-state index < -0.39 is 0 Å². The smallest absolute Gasteiger partial charge is 0.261 e. The quantitative estimate of drug-likeness (QED) is 0.700. The van der Waals surface area contributed by atoms with Crippen molar-refractivity contribution >= 4 is 34.5 Å². The molecule has 1 fully saturated rings. The molecule has 0 bridgehead atoms. The summed E-state index contributed by atoms with van der Waals surface area (Å²) in [5, 5.41) is 7.79. The number of rotatable bonds is 7. The first-order valence-corrected chi connectivity index (χ1v) is 10.6. The highest BCUT2D eigenvalue weighted by Crippen LogP contribution is 2.28. The normalized spacial score (nSPS) is 14.4. The summed E-state index contributed by atoms with van der Waals surface area (Å²) in [7, 11) is 0. The molecule has 2 N–H and O–H groups in total. The molecule has 0 unspecified atom stereocenters. The molecule has 0 atom stereocenters. The van der Waals surface area contributed by atoms with Crippen LogP contribution >= 0.6 is 11.3 Å². The lowest BCUT2D eigenvalue weighted by Gasteiger charge is -2.25. The van der Waals surface area contributed by atoms with E-state index in [1.54, 1.807) is 6.07 Å². The monoisotopic (exact) mass is 385 g/mol. The van der Waals surface area contributed by atoms with Crippen molar-refractivity contribution in [1.29, 1.82) is 0 Å². The third-order valence-corrected chi connectivity index (χ3v) is 5.60. The molecule has 3 rings (SSSR count). The van der Waals surface area contributed by atoms with Crippen molar-refractivity contribution < 1.29 is 9.59 Å². The van der Waals surface area contributed by atoms with Crippen LogP contribution in [0.5, 0.6) is 0 Å². The second kappa shape index (κ2) is 10.1. The van der Waals surface area contributed by atoms with Gasteiger partial charge in [-0.1, -0.05) is 31.0 Å². The fourth-order valence-corrected chi connectivity index (χ4v) is 3.97. The molecular weight excluding hydrogens is 358 g/mol. The maximum Gasteiger partial charge on any atom is 0.261 e. The summed E-state index contributed by atoms with van der Waals surface area (Å²) in [6, 6.07) is 11.7. The SMILES string of the molecule is O=C(CCCNC(=O)c1cccs1)Nc1ccccc1N1CCCCCC1. The van der Waals surface area contributed by atoms with Crippen LogP contribution in [0.3, 0.4) is 0 Å². The van der Waals surface area contributed by atoms with Crippen LogP contribution in [0.25, 0.3) is 0 Å². The van der Waals surface area contributed by atoms with Gasteiger partial charge in [-0.3, -0.25) is 9.59 Å². The van der Waals surface area contributed by atoms with Gasteiger partial charge < -0.3 is 15.5 Å². The number of hydrogen-bond donors (Lipinski definition) is 2. The highest BCUT2D eigenvalue weighted by atomic mass is 32.1. The lowest BCUT2D eigenvalue weighted by molar-refractivity contribution is -0.116. The Morgan fingerprint density at radius 3 is 2.52 bits per heavy atom. The van der Waals surface area contributed by atoms with Gasteiger partial charge in [-0.25, -0.2) is 0 Å². The van der Waals surface area contributed by atoms with Gasteiger partial charge in [-0.15, -0.1) is 11.3 Å². The Morgan fingerprint density at radius 1 is 1.00 bits per heavy atom. The Labute approximate surface area is 164 Å². The van der Waals surface area contributed by atoms with Crippen LogP contribution in [-0.2, 0) is 4.79 Å². The summed E-state index contributed by atoms with van der Waals surface area (Å²) in [4.78, 5) is 27.3. The lowest BCUT2D eigenvalue weighted by atomic mass is 10.2. The molecule has 1 saturated heterocycles. The molecule has 0 spiro atoms. The number of carbonyl (C=O) groups is 2. The molecule has 5 nitrogen and oxygen atoms in total. The maximum atomic E-state index is 12.3. The Morgan fingerprint density at radius 2 is 1.78 bits per heavy atom. The van der Waals surface area contributed by atoms with E-state index in [9.17, 15) is 9.59 Å². The standard InChI is InChI=1S/C21H27N3O2S/c25-20(12-7-13-22-21(26)19-11-8-16-27-19)23-17-9-3-4-10-18(17)24-14-5-1-2-6-15-24/h3-4,8-11,16H,1-2,5-7,12-15H2,(H,22,26)(H,23,25). The van der Waals surface area contributed by atoms with Crippen LogP contribution in [0.1, 0.15) is 48.2 Å². The largest absolute Gasteiger partial charge is 0.370 e. The highest BCUT2D eigenvalue weighted by Gasteiger charge is 2.14. The zero-order chi connectivity index (χ0) is 18.9. The van der Waals surface area contributed by atoms with E-state index in [0.717, 1.165) is 24.5 Å². The third kappa shape index (κ3) is 5.82. The molecule has 1 aromatic heterocycles. The summed E-state index contributed by atoms with van der Waals surface area (Å²) in [5.41, 5.74) is 1.99. The van der Waals surface area contributed by atoms with Crippen molar-refractivity contribution in [3.63, 3.8) is 0 Å². The predicted molar refractivity (Wildman–Crippen MR) is 112 cm³/mol. The number of amides is 2. The predicted octanol–water partition coefficient (Wildman–Crippen LogP) is 4.28. The number of nitrogens with one attached hydrogen (secondary N) is 2. The van der Waals surface area contributed by atoms with Gasteiger partial charge in [0.25, 0.3) is 5.91 Å². The Balaban J connectivity index is 1.47. The zero-order valence-electron chi connectivity index (χ0n) is 15.6. The Hall–Kier alpha value is -2.34. The fourth-order valence-electron chi connectivity index (χ4n) is 3.33. The molecule has 0 saturated carbocycles. The van der Waals surface area contributed by atoms with Gasteiger partial charge in [0.2, 0.25) is 5.91 Å². The number of nitrogens with zero attached hydrogens (tertiary/aromatic N) is 1. The number of anilines is 2. The molecule has 144 valence electrons. The van der Waals surface area contributed by atoms with Crippen LogP contribution in [-0.4, -0.2) is 31.4 Å². The van der Waals surface area contributed by atoms with Crippen LogP contribution in [0.4, 0.5) is 11.4 Å². The van der Waals surface area contributed by atoms with Gasteiger partial charge in [0.15, 0.2) is 0 Å². The molecular formula is C21H27N3O2S. The average molecular weight is 386 g/mol. The number of benzene rings is 1. The van der Waals surface area contributed by atoms with E-state index >= 15 is 0 Å². The average Bonchev–Trinajstić information content (AvgIpc) is 3.09. The number of hydrogen-bond acceptors (Lipinski definition) is 4. The summed E-state index contributed by atoms with van der Waals surface area (Å²) in [6.07, 6.45) is 5.97. The van der Waals surface area contributed by atoms with Crippen LogP contribution < -0.4 is 15.5 Å². The number of thiophene rings is 1. The van der Waals surface area contributed by atoms with Crippen molar-refractivity contribution in [1.82, 2.24) is 5.32 Å². The molecule has 2 aromatic rings. The van der Waals surface area contributed by atoms with Crippen molar-refractivity contribution in [2.24, 2.45) is 0 Å². The van der Waals surface area contributed by atoms with Crippen LogP contribution in [0.2, 0.25) is 0 Å². The minimum Gasteiger partial charge on any atom is -0.370 e. The highest BCUT2D eigenvalue weighted by molar-refractivity contribution is 7.12. The molecule has 6 heteroatoms. The fraction of sp³-hybridized carbons (Fsp3) is 0.429. The molecule has 0 aliphatic carbocycles. The minimum atomic E-state index is -0.0723.